The van der Waals surface area contributed by atoms with Gasteiger partial charge in [-0.05, 0) is 43.3 Å². The van der Waals surface area contributed by atoms with Crippen LogP contribution in [0.1, 0.15) is 13.3 Å². The van der Waals surface area contributed by atoms with Crippen LogP contribution >= 0.6 is 11.6 Å². The first kappa shape index (κ1) is 23.5. The van der Waals surface area contributed by atoms with E-state index in [1.54, 1.807) is 12.1 Å². The summed E-state index contributed by atoms with van der Waals surface area (Å²) in [6, 6.07) is 16.6. The number of nitrogens with one attached hydrogen (secondary N) is 1. The van der Waals surface area contributed by atoms with Gasteiger partial charge in [0.2, 0.25) is 0 Å². The van der Waals surface area contributed by atoms with Gasteiger partial charge in [-0.15, -0.1) is 6.42 Å². The highest BCUT2D eigenvalue weighted by Gasteiger charge is 2.21. The summed E-state index contributed by atoms with van der Waals surface area (Å²) in [6.07, 6.45) is 5.76. The van der Waals surface area contributed by atoms with E-state index in [1.165, 1.54) is 31.4 Å². The Balaban J connectivity index is 2.04. The maximum atomic E-state index is 12.9. The summed E-state index contributed by atoms with van der Waals surface area (Å²) in [5.74, 6) is 2.30. The van der Waals surface area contributed by atoms with Gasteiger partial charge in [0.25, 0.3) is 10.0 Å². The summed E-state index contributed by atoms with van der Waals surface area (Å²) in [7, 11) is -2.47. The van der Waals surface area contributed by atoms with Crippen LogP contribution in [0.25, 0.3) is 10.8 Å². The zero-order chi connectivity index (χ0) is 23.3. The van der Waals surface area contributed by atoms with Gasteiger partial charge in [0.05, 0.1) is 30.7 Å². The molecule has 0 radical (unpaired) electrons. The predicted octanol–water partition coefficient (Wildman–Crippen LogP) is 4.69. The Morgan fingerprint density at radius 1 is 1.12 bits per heavy atom. The SMILES string of the molecule is C#CCN(c1ccc(NS(=O)(=O)c2ccc(Cl)cc2)c2ccccc12)[C@@H](C)CC(=O)OC. The fourth-order valence-electron chi connectivity index (χ4n) is 3.45. The monoisotopic (exact) mass is 470 g/mol. The number of methoxy groups -OCH3 is 1. The van der Waals surface area contributed by atoms with Crippen molar-refractivity contribution in [1.82, 2.24) is 0 Å². The van der Waals surface area contributed by atoms with Crippen LogP contribution in [0.2, 0.25) is 5.02 Å². The van der Waals surface area contributed by atoms with E-state index in [4.69, 9.17) is 22.8 Å². The average Bonchev–Trinajstić information content (AvgIpc) is 2.78. The molecule has 3 rings (SSSR count). The Morgan fingerprint density at radius 3 is 2.41 bits per heavy atom. The molecule has 32 heavy (non-hydrogen) atoms. The number of terminal acetylenes is 1. The second-order valence-corrected chi connectivity index (χ2v) is 9.32. The molecule has 0 aliphatic heterocycles. The lowest BCUT2D eigenvalue weighted by Gasteiger charge is -2.30. The topological polar surface area (TPSA) is 75.7 Å². The molecule has 166 valence electrons. The van der Waals surface area contributed by atoms with Crippen molar-refractivity contribution in [3.05, 3.63) is 65.7 Å². The molecule has 1 N–H and O–H groups in total. The van der Waals surface area contributed by atoms with Crippen LogP contribution in [-0.2, 0) is 19.6 Å². The quantitative estimate of drug-likeness (QED) is 0.382. The van der Waals surface area contributed by atoms with Gasteiger partial charge < -0.3 is 9.64 Å². The lowest BCUT2D eigenvalue weighted by molar-refractivity contribution is -0.140. The van der Waals surface area contributed by atoms with E-state index >= 15 is 0 Å². The summed E-state index contributed by atoms with van der Waals surface area (Å²) < 4.78 is 33.3. The van der Waals surface area contributed by atoms with Crippen LogP contribution in [0.4, 0.5) is 11.4 Å². The maximum Gasteiger partial charge on any atom is 0.307 e. The van der Waals surface area contributed by atoms with E-state index < -0.39 is 10.0 Å². The van der Waals surface area contributed by atoms with Gasteiger partial charge >= 0.3 is 5.97 Å². The molecule has 0 aliphatic rings. The smallest absolute Gasteiger partial charge is 0.307 e. The second-order valence-electron chi connectivity index (χ2n) is 7.20. The standard InChI is InChI=1S/C24H23ClN2O4S/c1-4-15-27(17(2)16-24(28)31-3)23-14-13-22(20-7-5-6-8-21(20)23)26-32(29,30)19-11-9-18(25)10-12-19/h1,5-14,17,26H,15-16H2,2-3H3/t17-/m0/s1. The summed E-state index contributed by atoms with van der Waals surface area (Å²) in [4.78, 5) is 13.8. The predicted molar refractivity (Wildman–Crippen MR) is 128 cm³/mol. The van der Waals surface area contributed by atoms with E-state index in [9.17, 15) is 13.2 Å². The summed E-state index contributed by atoms with van der Waals surface area (Å²) >= 11 is 5.88. The molecule has 0 aliphatic carbocycles. The van der Waals surface area contributed by atoms with Gasteiger partial charge in [-0.2, -0.15) is 0 Å². The van der Waals surface area contributed by atoms with Crippen molar-refractivity contribution in [2.75, 3.05) is 23.3 Å². The fourth-order valence-corrected chi connectivity index (χ4v) is 4.66. The normalized spacial score (nSPS) is 12.1. The first-order valence-electron chi connectivity index (χ1n) is 9.84. The van der Waals surface area contributed by atoms with Gasteiger partial charge in [-0.25, -0.2) is 8.42 Å². The first-order chi connectivity index (χ1) is 15.3. The Kier molecular flexibility index (Phi) is 7.29. The molecule has 0 saturated heterocycles. The summed E-state index contributed by atoms with van der Waals surface area (Å²) in [5.41, 5.74) is 1.23. The average molecular weight is 471 g/mol. The largest absolute Gasteiger partial charge is 0.469 e. The van der Waals surface area contributed by atoms with E-state index in [-0.39, 0.29) is 29.9 Å². The third-order valence-corrected chi connectivity index (χ3v) is 6.70. The van der Waals surface area contributed by atoms with Crippen LogP contribution in [-0.4, -0.2) is 34.1 Å². The molecule has 0 bridgehead atoms. The highest BCUT2D eigenvalue weighted by molar-refractivity contribution is 7.92. The number of carbonyl (C=O) groups is 1. The van der Waals surface area contributed by atoms with Crippen molar-refractivity contribution < 1.29 is 17.9 Å². The highest BCUT2D eigenvalue weighted by Crippen LogP contribution is 2.34. The molecular weight excluding hydrogens is 448 g/mol. The zero-order valence-corrected chi connectivity index (χ0v) is 19.3. The fraction of sp³-hybridized carbons (Fsp3) is 0.208. The molecule has 0 amide bonds. The number of halogens is 1. The van der Waals surface area contributed by atoms with Crippen LogP contribution in [0, 0.1) is 12.3 Å². The van der Waals surface area contributed by atoms with Crippen LogP contribution < -0.4 is 9.62 Å². The van der Waals surface area contributed by atoms with Crippen molar-refractivity contribution in [3.8, 4) is 12.3 Å². The number of nitrogens with zero attached hydrogens (tertiary/aromatic N) is 1. The van der Waals surface area contributed by atoms with Crippen molar-refractivity contribution in [3.63, 3.8) is 0 Å². The van der Waals surface area contributed by atoms with Gasteiger partial charge in [-0.1, -0.05) is 41.8 Å². The van der Waals surface area contributed by atoms with Crippen LogP contribution in [0.15, 0.2) is 65.6 Å². The molecular formula is C24H23ClN2O4S. The minimum Gasteiger partial charge on any atom is -0.469 e. The van der Waals surface area contributed by atoms with Crippen LogP contribution in [0.5, 0.6) is 0 Å². The van der Waals surface area contributed by atoms with Crippen molar-refractivity contribution in [1.29, 1.82) is 0 Å². The molecule has 0 unspecified atom stereocenters. The number of ether oxygens (including phenoxy) is 1. The molecule has 0 saturated carbocycles. The van der Waals surface area contributed by atoms with E-state index in [2.05, 4.69) is 10.6 Å². The number of esters is 1. The Morgan fingerprint density at radius 2 is 1.78 bits per heavy atom. The molecule has 1 atom stereocenters. The van der Waals surface area contributed by atoms with Gasteiger partial charge in [0, 0.05) is 27.5 Å². The molecule has 6 nitrogen and oxygen atoms in total. The van der Waals surface area contributed by atoms with Crippen LogP contribution in [0.3, 0.4) is 0 Å². The molecule has 0 aromatic heterocycles. The second kappa shape index (κ2) is 9.94. The highest BCUT2D eigenvalue weighted by atomic mass is 35.5. The number of sulfonamides is 1. The van der Waals surface area contributed by atoms with E-state index in [1.807, 2.05) is 36.1 Å². The first-order valence-corrected chi connectivity index (χ1v) is 11.7. The number of carbonyl (C=O) groups excluding carboxylic acids is 1. The number of anilines is 2. The van der Waals surface area contributed by atoms with Gasteiger partial charge in [0.1, 0.15) is 0 Å². The van der Waals surface area contributed by atoms with Gasteiger partial charge in [-0.3, -0.25) is 9.52 Å². The minimum atomic E-state index is -3.82. The lowest BCUT2D eigenvalue weighted by atomic mass is 10.0. The molecule has 0 heterocycles. The number of hydrogen-bond donors (Lipinski definition) is 1. The minimum absolute atomic E-state index is 0.107. The molecule has 3 aromatic rings. The van der Waals surface area contributed by atoms with E-state index in [0.717, 1.165) is 11.1 Å². The number of benzene rings is 3. The molecule has 0 fully saturated rings. The van der Waals surface area contributed by atoms with E-state index in [0.29, 0.717) is 16.1 Å². The Hall–Kier alpha value is -3.21. The summed E-state index contributed by atoms with van der Waals surface area (Å²) in [5, 5.41) is 1.96. The molecule has 8 heteroatoms. The maximum absolute atomic E-state index is 12.9. The number of fused-ring (bicyclic) bond motifs is 1. The van der Waals surface area contributed by atoms with Crippen molar-refractivity contribution in [2.45, 2.75) is 24.3 Å². The zero-order valence-electron chi connectivity index (χ0n) is 17.7. The lowest BCUT2D eigenvalue weighted by Crippen LogP contribution is -2.35. The number of hydrogen-bond acceptors (Lipinski definition) is 5. The van der Waals surface area contributed by atoms with Gasteiger partial charge in [0.15, 0.2) is 0 Å². The molecule has 0 spiro atoms. The Bertz CT molecular complexity index is 1270. The molecule has 3 aromatic carbocycles. The third-order valence-electron chi connectivity index (χ3n) is 5.06. The summed E-state index contributed by atoms with van der Waals surface area (Å²) in [6.45, 7) is 2.16. The third kappa shape index (κ3) is 5.16. The van der Waals surface area contributed by atoms with Crippen molar-refractivity contribution in [2.24, 2.45) is 0 Å². The number of rotatable bonds is 8. The van der Waals surface area contributed by atoms with Crippen molar-refractivity contribution >= 4 is 49.7 Å². The Labute approximate surface area is 193 Å².